The topological polar surface area (TPSA) is 18.5 Å². The van der Waals surface area contributed by atoms with E-state index in [0.29, 0.717) is 5.92 Å². The molecular weight excluding hydrogens is 176 g/mol. The van der Waals surface area contributed by atoms with Crippen molar-refractivity contribution in [1.82, 2.24) is 0 Å². The molecule has 2 fully saturated rings. The summed E-state index contributed by atoms with van der Waals surface area (Å²) >= 11 is 0. The van der Waals surface area contributed by atoms with Gasteiger partial charge in [-0.3, -0.25) is 0 Å². The van der Waals surface area contributed by atoms with Crippen molar-refractivity contribution in [3.8, 4) is 0 Å². The van der Waals surface area contributed by atoms with E-state index < -0.39 is 0 Å². The van der Waals surface area contributed by atoms with Crippen LogP contribution in [0.2, 0.25) is 0 Å². The summed E-state index contributed by atoms with van der Waals surface area (Å²) in [5, 5.41) is 0. The third kappa shape index (κ3) is 1.82. The Morgan fingerprint density at radius 2 is 1.43 bits per heavy atom. The van der Waals surface area contributed by atoms with Crippen molar-refractivity contribution >= 4 is 0 Å². The summed E-state index contributed by atoms with van der Waals surface area (Å²) in [6, 6.07) is 0. The molecule has 1 saturated carbocycles. The summed E-state index contributed by atoms with van der Waals surface area (Å²) in [5.41, 5.74) is 0. The van der Waals surface area contributed by atoms with Gasteiger partial charge >= 0.3 is 0 Å². The molecule has 0 radical (unpaired) electrons. The second kappa shape index (κ2) is 3.82. The highest BCUT2D eigenvalue weighted by Gasteiger charge is 2.45. The maximum Gasteiger partial charge on any atom is 0.169 e. The minimum absolute atomic E-state index is 0.252. The van der Waals surface area contributed by atoms with Crippen molar-refractivity contribution < 1.29 is 9.47 Å². The van der Waals surface area contributed by atoms with Crippen molar-refractivity contribution in [2.75, 3.05) is 0 Å². The molecule has 0 spiro atoms. The molecule has 82 valence electrons. The molecule has 0 unspecified atom stereocenters. The van der Waals surface area contributed by atoms with Crippen molar-refractivity contribution in [3.05, 3.63) is 0 Å². The van der Waals surface area contributed by atoms with Gasteiger partial charge in [-0.2, -0.15) is 0 Å². The van der Waals surface area contributed by atoms with Crippen LogP contribution in [-0.2, 0) is 9.47 Å². The standard InChI is InChI=1S/C12H22O2/c1-9-10(2)14-12(3,13-9)11-7-5-4-6-8-11/h9-11H,4-8H2,1-3H3/t9-,10-/m1/s1. The second-order valence-electron chi connectivity index (χ2n) is 5.00. The molecule has 1 saturated heterocycles. The van der Waals surface area contributed by atoms with E-state index in [9.17, 15) is 0 Å². The fraction of sp³-hybridized carbons (Fsp3) is 1.00. The normalized spacial score (nSPS) is 38.8. The summed E-state index contributed by atoms with van der Waals surface area (Å²) < 4.78 is 12.0. The predicted molar refractivity (Wildman–Crippen MR) is 56.1 cm³/mol. The first kappa shape index (κ1) is 10.4. The molecule has 2 rings (SSSR count). The molecule has 0 aromatic heterocycles. The maximum absolute atomic E-state index is 5.98. The maximum atomic E-state index is 5.98. The van der Waals surface area contributed by atoms with Gasteiger partial charge in [0.05, 0.1) is 12.2 Å². The lowest BCUT2D eigenvalue weighted by molar-refractivity contribution is -0.202. The highest BCUT2D eigenvalue weighted by atomic mass is 16.8. The number of rotatable bonds is 1. The Morgan fingerprint density at radius 1 is 0.929 bits per heavy atom. The average Bonchev–Trinajstić information content (AvgIpc) is 2.44. The molecule has 0 aromatic rings. The number of ether oxygens (including phenoxy) is 2. The quantitative estimate of drug-likeness (QED) is 0.644. The van der Waals surface area contributed by atoms with Gasteiger partial charge in [0.25, 0.3) is 0 Å². The highest BCUT2D eigenvalue weighted by Crippen LogP contribution is 2.41. The summed E-state index contributed by atoms with van der Waals surface area (Å²) in [5.74, 6) is 0.322. The number of hydrogen-bond acceptors (Lipinski definition) is 2. The van der Waals surface area contributed by atoms with Gasteiger partial charge in [-0.25, -0.2) is 0 Å². The molecule has 1 aliphatic heterocycles. The van der Waals surface area contributed by atoms with Gasteiger partial charge in [-0.1, -0.05) is 19.3 Å². The molecule has 1 heterocycles. The van der Waals surface area contributed by atoms with E-state index in [1.807, 2.05) is 0 Å². The van der Waals surface area contributed by atoms with Crippen molar-refractivity contribution in [2.45, 2.75) is 70.9 Å². The summed E-state index contributed by atoms with van der Waals surface area (Å²) in [6.45, 7) is 6.35. The van der Waals surface area contributed by atoms with Crippen LogP contribution in [0.4, 0.5) is 0 Å². The molecule has 2 aliphatic rings. The van der Waals surface area contributed by atoms with Crippen LogP contribution in [-0.4, -0.2) is 18.0 Å². The van der Waals surface area contributed by atoms with Gasteiger partial charge in [0.2, 0.25) is 0 Å². The zero-order valence-corrected chi connectivity index (χ0v) is 9.58. The Bertz CT molecular complexity index is 186. The lowest BCUT2D eigenvalue weighted by Crippen LogP contribution is -2.37. The van der Waals surface area contributed by atoms with E-state index >= 15 is 0 Å². The molecule has 0 amide bonds. The van der Waals surface area contributed by atoms with E-state index in [1.165, 1.54) is 32.1 Å². The van der Waals surface area contributed by atoms with Gasteiger partial charge in [0, 0.05) is 5.92 Å². The van der Waals surface area contributed by atoms with Gasteiger partial charge in [0.15, 0.2) is 5.79 Å². The van der Waals surface area contributed by atoms with Gasteiger partial charge in [-0.15, -0.1) is 0 Å². The Balaban J connectivity index is 2.01. The number of hydrogen-bond donors (Lipinski definition) is 0. The smallest absolute Gasteiger partial charge is 0.169 e. The monoisotopic (exact) mass is 198 g/mol. The third-order valence-corrected chi connectivity index (χ3v) is 3.85. The van der Waals surface area contributed by atoms with Crippen LogP contribution in [0.1, 0.15) is 52.9 Å². The van der Waals surface area contributed by atoms with Crippen molar-refractivity contribution in [3.63, 3.8) is 0 Å². The van der Waals surface area contributed by atoms with E-state index in [0.717, 1.165) is 0 Å². The summed E-state index contributed by atoms with van der Waals surface area (Å²) in [4.78, 5) is 0. The van der Waals surface area contributed by atoms with E-state index in [1.54, 1.807) is 0 Å². The van der Waals surface area contributed by atoms with Gasteiger partial charge < -0.3 is 9.47 Å². The van der Waals surface area contributed by atoms with Gasteiger partial charge in [0.1, 0.15) is 0 Å². The molecule has 14 heavy (non-hydrogen) atoms. The average molecular weight is 198 g/mol. The van der Waals surface area contributed by atoms with Crippen LogP contribution in [0, 0.1) is 5.92 Å². The third-order valence-electron chi connectivity index (χ3n) is 3.85. The lowest BCUT2D eigenvalue weighted by atomic mass is 9.84. The minimum atomic E-state index is -0.292. The summed E-state index contributed by atoms with van der Waals surface area (Å²) in [7, 11) is 0. The van der Waals surface area contributed by atoms with E-state index in [4.69, 9.17) is 9.47 Å². The molecule has 2 atom stereocenters. The predicted octanol–water partition coefficient (Wildman–Crippen LogP) is 3.11. The Kier molecular flexibility index (Phi) is 2.85. The molecule has 2 heteroatoms. The van der Waals surface area contributed by atoms with Gasteiger partial charge in [-0.05, 0) is 33.6 Å². The first-order valence-electron chi connectivity index (χ1n) is 5.97. The zero-order chi connectivity index (χ0) is 10.2. The molecule has 0 N–H and O–H groups in total. The first-order chi connectivity index (χ1) is 6.62. The highest BCUT2D eigenvalue weighted by molar-refractivity contribution is 4.85. The SMILES string of the molecule is C[C@H]1OC(C)(C2CCCCC2)O[C@@H]1C. The first-order valence-corrected chi connectivity index (χ1v) is 5.97. The van der Waals surface area contributed by atoms with Crippen LogP contribution >= 0.6 is 0 Å². The van der Waals surface area contributed by atoms with Crippen molar-refractivity contribution in [2.24, 2.45) is 5.92 Å². The van der Waals surface area contributed by atoms with Crippen LogP contribution < -0.4 is 0 Å². The van der Waals surface area contributed by atoms with E-state index in [2.05, 4.69) is 20.8 Å². The lowest BCUT2D eigenvalue weighted by Gasteiger charge is -2.35. The van der Waals surface area contributed by atoms with Crippen LogP contribution in [0.5, 0.6) is 0 Å². The molecule has 1 aliphatic carbocycles. The molecule has 0 bridgehead atoms. The fourth-order valence-corrected chi connectivity index (χ4v) is 2.78. The Morgan fingerprint density at radius 3 is 1.93 bits per heavy atom. The molecule has 0 aromatic carbocycles. The largest absolute Gasteiger partial charge is 0.344 e. The minimum Gasteiger partial charge on any atom is -0.344 e. The Hall–Kier alpha value is -0.0800. The van der Waals surface area contributed by atoms with Crippen LogP contribution in [0.3, 0.4) is 0 Å². The van der Waals surface area contributed by atoms with E-state index in [-0.39, 0.29) is 18.0 Å². The van der Waals surface area contributed by atoms with Crippen LogP contribution in [0.25, 0.3) is 0 Å². The zero-order valence-electron chi connectivity index (χ0n) is 9.58. The fourth-order valence-electron chi connectivity index (χ4n) is 2.78. The molecule has 2 nitrogen and oxygen atoms in total. The Labute approximate surface area is 87.0 Å². The van der Waals surface area contributed by atoms with Crippen molar-refractivity contribution in [1.29, 1.82) is 0 Å². The second-order valence-corrected chi connectivity index (χ2v) is 5.00. The summed E-state index contributed by atoms with van der Waals surface area (Å²) in [6.07, 6.45) is 7.12. The molecular formula is C12H22O2. The van der Waals surface area contributed by atoms with Crippen LogP contribution in [0.15, 0.2) is 0 Å².